The van der Waals surface area contributed by atoms with Gasteiger partial charge < -0.3 is 14.5 Å². The molecule has 3 rings (SSSR count). The second kappa shape index (κ2) is 10.4. The van der Waals surface area contributed by atoms with E-state index in [4.69, 9.17) is 16.3 Å². The third-order valence-electron chi connectivity index (χ3n) is 5.59. The minimum absolute atomic E-state index is 0.0234. The number of carbonyl (C=O) groups is 3. The Morgan fingerprint density at radius 2 is 1.82 bits per heavy atom. The Labute approximate surface area is 199 Å². The van der Waals surface area contributed by atoms with Gasteiger partial charge in [0.05, 0.1) is 6.61 Å². The van der Waals surface area contributed by atoms with Crippen molar-refractivity contribution in [3.8, 4) is 0 Å². The van der Waals surface area contributed by atoms with E-state index in [0.717, 1.165) is 5.56 Å². The maximum atomic E-state index is 13.2. The number of rotatable bonds is 7. The molecule has 0 saturated carbocycles. The molecule has 1 fully saturated rings. The summed E-state index contributed by atoms with van der Waals surface area (Å²) in [5.74, 6) is -0.750. The molecule has 3 amide bonds. The van der Waals surface area contributed by atoms with Crippen molar-refractivity contribution in [2.24, 2.45) is 0 Å². The number of benzene rings is 2. The molecule has 176 valence electrons. The fourth-order valence-electron chi connectivity index (χ4n) is 3.60. The van der Waals surface area contributed by atoms with Crippen LogP contribution in [0.3, 0.4) is 0 Å². The molecular formula is C25H30ClN3O4. The summed E-state index contributed by atoms with van der Waals surface area (Å²) in [5.41, 5.74) is 2.24. The average molecular weight is 472 g/mol. The fourth-order valence-corrected chi connectivity index (χ4v) is 3.78. The van der Waals surface area contributed by atoms with E-state index in [1.807, 2.05) is 12.1 Å². The number of amides is 3. The first kappa shape index (κ1) is 24.7. The molecule has 7 nitrogen and oxygen atoms in total. The fraction of sp³-hybridized carbons (Fsp3) is 0.400. The maximum Gasteiger partial charge on any atom is 0.254 e. The third-order valence-corrected chi connectivity index (χ3v) is 5.82. The van der Waals surface area contributed by atoms with E-state index in [9.17, 15) is 14.4 Å². The minimum Gasteiger partial charge on any atom is -0.383 e. The lowest BCUT2D eigenvalue weighted by atomic mass is 9.86. The van der Waals surface area contributed by atoms with Crippen molar-refractivity contribution in [2.75, 3.05) is 44.9 Å². The molecule has 1 heterocycles. The van der Waals surface area contributed by atoms with Gasteiger partial charge in [-0.05, 0) is 41.3 Å². The number of nitrogens with zero attached hydrogens (tertiary/aromatic N) is 3. The molecule has 0 bridgehead atoms. The average Bonchev–Trinajstić information content (AvgIpc) is 3.17. The first-order valence-electron chi connectivity index (χ1n) is 10.8. The zero-order chi connectivity index (χ0) is 24.2. The van der Waals surface area contributed by atoms with Crippen LogP contribution in [0.5, 0.6) is 0 Å². The second-order valence-corrected chi connectivity index (χ2v) is 9.52. The molecule has 1 aliphatic heterocycles. The van der Waals surface area contributed by atoms with Crippen molar-refractivity contribution >= 4 is 35.0 Å². The highest BCUT2D eigenvalue weighted by molar-refractivity contribution is 6.31. The van der Waals surface area contributed by atoms with E-state index in [1.54, 1.807) is 43.5 Å². The minimum atomic E-state index is -0.302. The van der Waals surface area contributed by atoms with Crippen LogP contribution < -0.4 is 4.90 Å². The summed E-state index contributed by atoms with van der Waals surface area (Å²) in [4.78, 5) is 43.1. The van der Waals surface area contributed by atoms with Crippen molar-refractivity contribution in [1.82, 2.24) is 9.80 Å². The summed E-state index contributed by atoms with van der Waals surface area (Å²) in [6.45, 7) is 6.82. The summed E-state index contributed by atoms with van der Waals surface area (Å²) >= 11 is 6.04. The van der Waals surface area contributed by atoms with Gasteiger partial charge in [-0.15, -0.1) is 0 Å². The van der Waals surface area contributed by atoms with E-state index in [-0.39, 0.29) is 49.4 Å². The highest BCUT2D eigenvalue weighted by atomic mass is 35.5. The van der Waals surface area contributed by atoms with Gasteiger partial charge in [0, 0.05) is 29.9 Å². The molecule has 0 spiro atoms. The zero-order valence-electron chi connectivity index (χ0n) is 19.5. The first-order valence-corrected chi connectivity index (χ1v) is 11.2. The van der Waals surface area contributed by atoms with Gasteiger partial charge in [0.25, 0.3) is 5.91 Å². The van der Waals surface area contributed by atoms with Crippen molar-refractivity contribution in [3.63, 3.8) is 0 Å². The smallest absolute Gasteiger partial charge is 0.254 e. The standard InChI is InChI=1S/C25H30ClN3O4/c1-25(2,3)19-10-8-18(9-11-19)24(32)27(12-13-33-4)15-22(30)28-16-23(31)29(17-28)21-7-5-6-20(26)14-21/h5-11,14H,12-13,15-17H2,1-4H3. The SMILES string of the molecule is COCCN(CC(=O)N1CC(=O)N(c2cccc(Cl)c2)C1)C(=O)c1ccc(C(C)(C)C)cc1. The summed E-state index contributed by atoms with van der Waals surface area (Å²) in [6.07, 6.45) is 0. The Morgan fingerprint density at radius 1 is 1.12 bits per heavy atom. The van der Waals surface area contributed by atoms with Gasteiger partial charge in [0.15, 0.2) is 0 Å². The van der Waals surface area contributed by atoms with Gasteiger partial charge in [0.1, 0.15) is 19.8 Å². The lowest BCUT2D eigenvalue weighted by Crippen LogP contribution is -2.44. The predicted octanol–water partition coefficient (Wildman–Crippen LogP) is 3.56. The Morgan fingerprint density at radius 3 is 2.42 bits per heavy atom. The summed E-state index contributed by atoms with van der Waals surface area (Å²) in [7, 11) is 1.55. The van der Waals surface area contributed by atoms with E-state index in [1.165, 1.54) is 14.7 Å². The molecule has 0 aromatic heterocycles. The van der Waals surface area contributed by atoms with Crippen LogP contribution >= 0.6 is 11.6 Å². The maximum absolute atomic E-state index is 13.2. The molecule has 0 unspecified atom stereocenters. The van der Waals surface area contributed by atoms with Gasteiger partial charge in [-0.2, -0.15) is 0 Å². The Balaban J connectivity index is 1.71. The van der Waals surface area contributed by atoms with Gasteiger partial charge in [0.2, 0.25) is 11.8 Å². The second-order valence-electron chi connectivity index (χ2n) is 9.08. The molecule has 0 atom stereocenters. The van der Waals surface area contributed by atoms with Gasteiger partial charge in [-0.25, -0.2) is 0 Å². The van der Waals surface area contributed by atoms with Crippen LogP contribution in [0.2, 0.25) is 5.02 Å². The van der Waals surface area contributed by atoms with Crippen molar-refractivity contribution in [1.29, 1.82) is 0 Å². The number of methoxy groups -OCH3 is 1. The lowest BCUT2D eigenvalue weighted by molar-refractivity contribution is -0.132. The summed E-state index contributed by atoms with van der Waals surface area (Å²) in [6, 6.07) is 14.4. The van der Waals surface area contributed by atoms with Gasteiger partial charge in [-0.3, -0.25) is 19.3 Å². The highest BCUT2D eigenvalue weighted by Gasteiger charge is 2.33. The summed E-state index contributed by atoms with van der Waals surface area (Å²) < 4.78 is 5.14. The monoisotopic (exact) mass is 471 g/mol. The van der Waals surface area contributed by atoms with E-state index in [2.05, 4.69) is 20.8 Å². The predicted molar refractivity (Wildman–Crippen MR) is 128 cm³/mol. The molecule has 0 aliphatic carbocycles. The first-order chi connectivity index (χ1) is 15.6. The van der Waals surface area contributed by atoms with Crippen LogP contribution in [-0.2, 0) is 19.7 Å². The van der Waals surface area contributed by atoms with Crippen LogP contribution in [0.1, 0.15) is 36.7 Å². The third kappa shape index (κ3) is 6.12. The molecule has 0 radical (unpaired) electrons. The van der Waals surface area contributed by atoms with Gasteiger partial charge >= 0.3 is 0 Å². The largest absolute Gasteiger partial charge is 0.383 e. The Hall–Kier alpha value is -2.90. The molecule has 1 saturated heterocycles. The highest BCUT2D eigenvalue weighted by Crippen LogP contribution is 2.24. The topological polar surface area (TPSA) is 70.2 Å². The molecular weight excluding hydrogens is 442 g/mol. The molecule has 0 N–H and O–H groups in total. The van der Waals surface area contributed by atoms with E-state index < -0.39 is 0 Å². The molecule has 2 aromatic rings. The number of anilines is 1. The van der Waals surface area contributed by atoms with Crippen LogP contribution in [0.4, 0.5) is 5.69 Å². The molecule has 33 heavy (non-hydrogen) atoms. The molecule has 1 aliphatic rings. The Bertz CT molecular complexity index is 1020. The summed E-state index contributed by atoms with van der Waals surface area (Å²) in [5, 5.41) is 0.513. The van der Waals surface area contributed by atoms with Crippen molar-refractivity contribution in [3.05, 3.63) is 64.7 Å². The van der Waals surface area contributed by atoms with Crippen molar-refractivity contribution < 1.29 is 19.1 Å². The lowest BCUT2D eigenvalue weighted by Gasteiger charge is -2.25. The number of hydrogen-bond acceptors (Lipinski definition) is 4. The van der Waals surface area contributed by atoms with E-state index >= 15 is 0 Å². The number of halogens is 1. The Kier molecular flexibility index (Phi) is 7.76. The quantitative estimate of drug-likeness (QED) is 0.619. The van der Waals surface area contributed by atoms with Crippen LogP contribution in [-0.4, -0.2) is 67.5 Å². The zero-order valence-corrected chi connectivity index (χ0v) is 20.3. The van der Waals surface area contributed by atoms with Crippen LogP contribution in [0, 0.1) is 0 Å². The van der Waals surface area contributed by atoms with Crippen molar-refractivity contribution in [2.45, 2.75) is 26.2 Å². The van der Waals surface area contributed by atoms with E-state index in [0.29, 0.717) is 22.9 Å². The van der Waals surface area contributed by atoms with Crippen LogP contribution in [0.15, 0.2) is 48.5 Å². The number of carbonyl (C=O) groups excluding carboxylic acids is 3. The number of hydrogen-bond donors (Lipinski definition) is 0. The van der Waals surface area contributed by atoms with Crippen LogP contribution in [0.25, 0.3) is 0 Å². The normalized spacial score (nSPS) is 14.0. The van der Waals surface area contributed by atoms with Gasteiger partial charge in [-0.1, -0.05) is 50.6 Å². The molecule has 2 aromatic carbocycles. The molecule has 8 heteroatoms. The number of ether oxygens (including phenoxy) is 1.